The molecule has 2 amide bonds. The number of aromatic amines is 1. The van der Waals surface area contributed by atoms with Gasteiger partial charge in [0.15, 0.2) is 17.7 Å². The van der Waals surface area contributed by atoms with Crippen LogP contribution in [0.1, 0.15) is 43.4 Å². The van der Waals surface area contributed by atoms with E-state index in [1.807, 2.05) is 35.2 Å². The number of amides is 2. The molecule has 2 N–H and O–H groups in total. The van der Waals surface area contributed by atoms with Gasteiger partial charge < -0.3 is 20.2 Å². The van der Waals surface area contributed by atoms with Crippen LogP contribution in [0.2, 0.25) is 0 Å². The summed E-state index contributed by atoms with van der Waals surface area (Å²) >= 11 is 0. The number of methoxy groups -OCH3 is 1. The number of carbonyl (C=O) groups is 2. The van der Waals surface area contributed by atoms with Gasteiger partial charge >= 0.3 is 0 Å². The molecule has 1 unspecified atom stereocenters. The van der Waals surface area contributed by atoms with Crippen LogP contribution < -0.4 is 10.0 Å². The molecule has 1 aliphatic heterocycles. The Labute approximate surface area is 278 Å². The Morgan fingerprint density at radius 2 is 1.88 bits per heavy atom. The average molecular weight is 644 g/mol. The number of pyridine rings is 1. The largest absolute Gasteiger partial charge is 0.619 e. The van der Waals surface area contributed by atoms with Gasteiger partial charge in [0.05, 0.1) is 5.52 Å². The smallest absolute Gasteiger partial charge is 0.256 e. The molecule has 0 spiro atoms. The van der Waals surface area contributed by atoms with Crippen LogP contribution in [-0.2, 0) is 14.3 Å². The fraction of sp³-hybridized carbons (Fsp3) is 0.297. The van der Waals surface area contributed by atoms with Crippen molar-refractivity contribution < 1.29 is 19.1 Å². The summed E-state index contributed by atoms with van der Waals surface area (Å²) < 4.78 is 6.68. The van der Waals surface area contributed by atoms with Gasteiger partial charge in [-0.05, 0) is 67.0 Å². The lowest BCUT2D eigenvalue weighted by atomic mass is 9.95. The summed E-state index contributed by atoms with van der Waals surface area (Å²) in [5.41, 5.74) is 5.83. The Kier molecular flexibility index (Phi) is 8.45. The number of anilines is 1. The van der Waals surface area contributed by atoms with Crippen molar-refractivity contribution >= 4 is 34.0 Å². The molecule has 2 atom stereocenters. The number of rotatable bonds is 8. The second kappa shape index (κ2) is 13.0. The highest BCUT2D eigenvalue weighted by molar-refractivity contribution is 6.01. The number of nitrogens with zero attached hydrogens (tertiary/aromatic N) is 5. The number of nitrogens with one attached hydrogen (secondary N) is 2. The highest BCUT2D eigenvalue weighted by Gasteiger charge is 2.46. The first-order valence-electron chi connectivity index (χ1n) is 16.2. The molecule has 1 saturated carbocycles. The zero-order chi connectivity index (χ0) is 33.3. The van der Waals surface area contributed by atoms with Crippen molar-refractivity contribution in [3.8, 4) is 22.6 Å². The lowest BCUT2D eigenvalue weighted by molar-refractivity contribution is -0.612. The van der Waals surface area contributed by atoms with Crippen LogP contribution in [0.3, 0.4) is 0 Å². The number of aromatic nitrogens is 5. The first kappa shape index (κ1) is 31.2. The van der Waals surface area contributed by atoms with Crippen LogP contribution in [0.15, 0.2) is 85.3 Å². The van der Waals surface area contributed by atoms with Gasteiger partial charge in [0, 0.05) is 80.3 Å². The molecule has 5 aromatic rings. The lowest BCUT2D eigenvalue weighted by Crippen LogP contribution is -2.43. The standard InChI is InChI=1S/C37H37N7O4/c1-24-20-29(13-19-44(24)47)34-31-22-30(8-9-32(31)41-42-34)40-36(46)37(48-2)14-10-25(23-37)21-33(45)43-17-11-27(12-18-43)26-4-6-28(7-5-26)35-38-15-3-16-39-35/h3-9,11,13,15-16,19-20,22,25H,10,12,14,17-18,21,23H2,1-2H3,(H,40,46)(H,41,42)/t25?,37-/m0/s1. The molecule has 3 aromatic heterocycles. The predicted molar refractivity (Wildman–Crippen MR) is 182 cm³/mol. The Morgan fingerprint density at radius 3 is 2.60 bits per heavy atom. The molecule has 2 aliphatic rings. The van der Waals surface area contributed by atoms with Gasteiger partial charge in [-0.2, -0.15) is 9.83 Å². The maximum Gasteiger partial charge on any atom is 0.256 e. The van der Waals surface area contributed by atoms with E-state index in [0.717, 1.165) is 45.2 Å². The molecule has 11 nitrogen and oxygen atoms in total. The minimum absolute atomic E-state index is 0.0504. The molecule has 11 heteroatoms. The van der Waals surface area contributed by atoms with Crippen LogP contribution in [0, 0.1) is 18.0 Å². The third-order valence-electron chi connectivity index (χ3n) is 9.68. The van der Waals surface area contributed by atoms with Gasteiger partial charge in [-0.3, -0.25) is 14.7 Å². The second-order valence-electron chi connectivity index (χ2n) is 12.6. The summed E-state index contributed by atoms with van der Waals surface area (Å²) in [6.45, 7) is 2.97. The van der Waals surface area contributed by atoms with E-state index < -0.39 is 5.60 Å². The summed E-state index contributed by atoms with van der Waals surface area (Å²) in [6.07, 6.45) is 9.99. The fourth-order valence-corrected chi connectivity index (χ4v) is 6.89. The van der Waals surface area contributed by atoms with E-state index in [1.165, 1.54) is 11.8 Å². The fourth-order valence-electron chi connectivity index (χ4n) is 6.89. The lowest BCUT2D eigenvalue weighted by Gasteiger charge is -2.29. The monoisotopic (exact) mass is 643 g/mol. The van der Waals surface area contributed by atoms with Crippen molar-refractivity contribution in [2.75, 3.05) is 25.5 Å². The van der Waals surface area contributed by atoms with Crippen LogP contribution in [0.5, 0.6) is 0 Å². The van der Waals surface area contributed by atoms with Crippen LogP contribution >= 0.6 is 0 Å². The Morgan fingerprint density at radius 1 is 1.08 bits per heavy atom. The quantitative estimate of drug-likeness (QED) is 0.169. The van der Waals surface area contributed by atoms with Gasteiger partial charge in [0.1, 0.15) is 11.3 Å². The minimum Gasteiger partial charge on any atom is -0.619 e. The van der Waals surface area contributed by atoms with Gasteiger partial charge in [0.2, 0.25) is 5.91 Å². The van der Waals surface area contributed by atoms with Crippen molar-refractivity contribution in [2.24, 2.45) is 5.92 Å². The molecular formula is C37H37N7O4. The SMILES string of the molecule is CO[C@@]1(C(=O)Nc2ccc3[nH]nc(-c4cc[n+]([O-])c(C)c4)c3c2)CCC(CC(=O)N2CC=C(c3ccc(-c4ncccn4)cc3)CC2)C1. The zero-order valence-electron chi connectivity index (χ0n) is 27.0. The molecule has 244 valence electrons. The van der Waals surface area contributed by atoms with E-state index in [2.05, 4.69) is 43.7 Å². The van der Waals surface area contributed by atoms with E-state index in [-0.39, 0.29) is 17.7 Å². The maximum atomic E-state index is 13.7. The normalized spacial score (nSPS) is 19.3. The molecule has 1 aliphatic carbocycles. The van der Waals surface area contributed by atoms with Crippen LogP contribution in [0.4, 0.5) is 5.69 Å². The van der Waals surface area contributed by atoms with Gasteiger partial charge in [0.25, 0.3) is 5.91 Å². The van der Waals surface area contributed by atoms with Crippen molar-refractivity contribution in [3.63, 3.8) is 0 Å². The van der Waals surface area contributed by atoms with Crippen molar-refractivity contribution in [1.29, 1.82) is 0 Å². The number of hydrogen-bond acceptors (Lipinski definition) is 7. The summed E-state index contributed by atoms with van der Waals surface area (Å²) in [6, 6.07) is 19.1. The minimum atomic E-state index is -1.01. The second-order valence-corrected chi connectivity index (χ2v) is 12.6. The number of fused-ring (bicyclic) bond motifs is 1. The van der Waals surface area contributed by atoms with Gasteiger partial charge in [-0.25, -0.2) is 9.97 Å². The number of aryl methyl sites for hydroxylation is 1. The number of hydrogen-bond donors (Lipinski definition) is 2. The van der Waals surface area contributed by atoms with Crippen molar-refractivity contribution in [3.05, 3.63) is 102 Å². The first-order chi connectivity index (χ1) is 23.3. The number of carbonyl (C=O) groups excluding carboxylic acids is 2. The molecule has 4 heterocycles. The third-order valence-corrected chi connectivity index (χ3v) is 9.68. The number of benzene rings is 2. The molecule has 0 saturated heterocycles. The van der Waals surface area contributed by atoms with Crippen LogP contribution in [0.25, 0.3) is 39.1 Å². The van der Waals surface area contributed by atoms with Gasteiger partial charge in [-0.15, -0.1) is 0 Å². The number of H-pyrrole nitrogens is 1. The number of ether oxygens (including phenoxy) is 1. The molecule has 2 aromatic carbocycles. The predicted octanol–water partition coefficient (Wildman–Crippen LogP) is 5.46. The molecule has 1 fully saturated rings. The molecule has 0 bridgehead atoms. The van der Waals surface area contributed by atoms with E-state index >= 15 is 0 Å². The first-order valence-corrected chi connectivity index (χ1v) is 16.2. The summed E-state index contributed by atoms with van der Waals surface area (Å²) in [5, 5.41) is 23.2. The molecular weight excluding hydrogens is 606 g/mol. The van der Waals surface area contributed by atoms with E-state index in [1.54, 1.807) is 44.6 Å². The Hall–Kier alpha value is -5.42. The third kappa shape index (κ3) is 6.16. The highest BCUT2D eigenvalue weighted by atomic mass is 16.5. The highest BCUT2D eigenvalue weighted by Crippen LogP contribution is 2.40. The Bertz CT molecular complexity index is 2010. The van der Waals surface area contributed by atoms with E-state index in [0.29, 0.717) is 55.3 Å². The average Bonchev–Trinajstić information content (AvgIpc) is 3.75. The van der Waals surface area contributed by atoms with Crippen molar-refractivity contribution in [2.45, 2.75) is 44.6 Å². The summed E-state index contributed by atoms with van der Waals surface area (Å²) in [7, 11) is 1.57. The maximum absolute atomic E-state index is 13.7. The molecule has 7 rings (SSSR count). The molecule has 48 heavy (non-hydrogen) atoms. The summed E-state index contributed by atoms with van der Waals surface area (Å²) in [5.74, 6) is 0.636. The van der Waals surface area contributed by atoms with Crippen molar-refractivity contribution in [1.82, 2.24) is 25.1 Å². The molecule has 0 radical (unpaired) electrons. The Balaban J connectivity index is 0.966. The van der Waals surface area contributed by atoms with E-state index in [9.17, 15) is 14.8 Å². The van der Waals surface area contributed by atoms with E-state index in [4.69, 9.17) is 4.74 Å². The zero-order valence-corrected chi connectivity index (χ0v) is 27.0. The van der Waals surface area contributed by atoms with Gasteiger partial charge in [-0.1, -0.05) is 30.3 Å². The van der Waals surface area contributed by atoms with Crippen LogP contribution in [-0.4, -0.2) is 62.7 Å². The topological polar surface area (TPSA) is 140 Å². The summed E-state index contributed by atoms with van der Waals surface area (Å²) in [4.78, 5) is 37.6.